The average Bonchev–Trinajstić information content (AvgIpc) is 3.02. The van der Waals surface area contributed by atoms with Crippen molar-refractivity contribution in [3.05, 3.63) is 36.1 Å². The molecule has 0 aliphatic rings. The van der Waals surface area contributed by atoms with Gasteiger partial charge in [0.25, 0.3) is 0 Å². The van der Waals surface area contributed by atoms with Gasteiger partial charge in [-0.3, -0.25) is 4.79 Å². The van der Waals surface area contributed by atoms with Crippen molar-refractivity contribution in [1.29, 1.82) is 0 Å². The van der Waals surface area contributed by atoms with Crippen molar-refractivity contribution >= 4 is 11.8 Å². The number of unbranched alkanes of at least 4 members (excludes halogenated alkanes) is 1. The zero-order chi connectivity index (χ0) is 18.1. The molecule has 0 saturated heterocycles. The fourth-order valence-corrected chi connectivity index (χ4v) is 2.56. The maximum absolute atomic E-state index is 10.9. The highest BCUT2D eigenvalue weighted by Gasteiger charge is 2.20. The molecule has 1 atom stereocenters. The Morgan fingerprint density at radius 3 is 2.84 bits per heavy atom. The lowest BCUT2D eigenvalue weighted by atomic mass is 9.89. The molecule has 7 nitrogen and oxygen atoms in total. The Morgan fingerprint density at radius 1 is 1.32 bits per heavy atom. The fraction of sp³-hybridized carbons (Fsp3) is 0.556. The number of anilines is 1. The molecule has 0 fully saturated rings. The number of aryl methyl sites for hydroxylation is 1. The Labute approximate surface area is 147 Å². The largest absolute Gasteiger partial charge is 0.481 e. The van der Waals surface area contributed by atoms with Crippen LogP contribution in [-0.4, -0.2) is 32.7 Å². The van der Waals surface area contributed by atoms with E-state index in [4.69, 9.17) is 9.63 Å². The van der Waals surface area contributed by atoms with E-state index < -0.39 is 5.97 Å². The summed E-state index contributed by atoms with van der Waals surface area (Å²) >= 11 is 0. The molecule has 25 heavy (non-hydrogen) atoms. The number of carbonyl (C=O) groups is 1. The van der Waals surface area contributed by atoms with Crippen LogP contribution >= 0.6 is 0 Å². The van der Waals surface area contributed by atoms with Gasteiger partial charge >= 0.3 is 5.97 Å². The van der Waals surface area contributed by atoms with Gasteiger partial charge in [-0.15, -0.1) is 0 Å². The van der Waals surface area contributed by atoms with E-state index in [0.717, 1.165) is 31.6 Å². The number of hydrogen-bond acceptors (Lipinski definition) is 6. The molecule has 0 aliphatic heterocycles. The third kappa shape index (κ3) is 6.91. The van der Waals surface area contributed by atoms with E-state index in [1.807, 2.05) is 32.0 Å². The first kappa shape index (κ1) is 18.9. The highest BCUT2D eigenvalue weighted by molar-refractivity contribution is 5.67. The molecule has 2 aromatic rings. The monoisotopic (exact) mass is 346 g/mol. The molecule has 0 radical (unpaired) electrons. The van der Waals surface area contributed by atoms with Crippen LogP contribution in [0.5, 0.6) is 0 Å². The van der Waals surface area contributed by atoms with Crippen LogP contribution in [-0.2, 0) is 17.6 Å². The second-order valence-corrected chi connectivity index (χ2v) is 6.51. The van der Waals surface area contributed by atoms with E-state index in [0.29, 0.717) is 18.1 Å². The van der Waals surface area contributed by atoms with Crippen LogP contribution in [0.1, 0.15) is 44.8 Å². The van der Waals surface area contributed by atoms with Crippen molar-refractivity contribution < 1.29 is 14.4 Å². The molecule has 2 heterocycles. The zero-order valence-corrected chi connectivity index (χ0v) is 14.8. The first-order valence-electron chi connectivity index (χ1n) is 8.72. The van der Waals surface area contributed by atoms with Crippen molar-refractivity contribution in [3.8, 4) is 0 Å². The lowest BCUT2D eigenvalue weighted by Crippen LogP contribution is -2.16. The van der Waals surface area contributed by atoms with Crippen LogP contribution < -0.4 is 5.32 Å². The zero-order valence-electron chi connectivity index (χ0n) is 14.8. The van der Waals surface area contributed by atoms with Gasteiger partial charge < -0.3 is 14.9 Å². The molecule has 2 N–H and O–H groups in total. The molecule has 136 valence electrons. The van der Waals surface area contributed by atoms with E-state index in [2.05, 4.69) is 20.4 Å². The van der Waals surface area contributed by atoms with Crippen LogP contribution in [0, 0.1) is 11.8 Å². The van der Waals surface area contributed by atoms with E-state index in [-0.39, 0.29) is 18.3 Å². The van der Waals surface area contributed by atoms with Crippen LogP contribution in [0.2, 0.25) is 0 Å². The minimum absolute atomic E-state index is 0.00775. The van der Waals surface area contributed by atoms with Gasteiger partial charge in [-0.05, 0) is 36.8 Å². The van der Waals surface area contributed by atoms with Gasteiger partial charge in [-0.2, -0.15) is 4.98 Å². The predicted octanol–water partition coefficient (Wildman–Crippen LogP) is 3.19. The Bertz CT molecular complexity index is 643. The molecule has 0 aliphatic carbocycles. The van der Waals surface area contributed by atoms with Crippen LogP contribution in [0.4, 0.5) is 5.82 Å². The SMILES string of the molecule is CC(C)C(CC(=O)O)Cc1nc(CCCCNc2ccccn2)no1. The van der Waals surface area contributed by atoms with Crippen molar-refractivity contribution in [2.24, 2.45) is 11.8 Å². The van der Waals surface area contributed by atoms with E-state index in [9.17, 15) is 4.79 Å². The van der Waals surface area contributed by atoms with E-state index in [1.54, 1.807) is 6.20 Å². The molecular formula is C18H26N4O3. The summed E-state index contributed by atoms with van der Waals surface area (Å²) in [5.41, 5.74) is 0. The van der Waals surface area contributed by atoms with Gasteiger partial charge in [-0.1, -0.05) is 25.1 Å². The summed E-state index contributed by atoms with van der Waals surface area (Å²) in [4.78, 5) is 19.5. The first-order chi connectivity index (χ1) is 12.0. The van der Waals surface area contributed by atoms with Gasteiger partial charge in [0.2, 0.25) is 5.89 Å². The molecule has 0 amide bonds. The topological polar surface area (TPSA) is 101 Å². The lowest BCUT2D eigenvalue weighted by molar-refractivity contribution is -0.138. The number of nitrogens with one attached hydrogen (secondary N) is 1. The minimum atomic E-state index is -0.793. The molecule has 0 bridgehead atoms. The van der Waals surface area contributed by atoms with Gasteiger partial charge in [0.1, 0.15) is 5.82 Å². The van der Waals surface area contributed by atoms with Crippen molar-refractivity contribution in [2.75, 3.05) is 11.9 Å². The lowest BCUT2D eigenvalue weighted by Gasteiger charge is -2.16. The van der Waals surface area contributed by atoms with Crippen molar-refractivity contribution in [1.82, 2.24) is 15.1 Å². The van der Waals surface area contributed by atoms with Gasteiger partial charge in [0.15, 0.2) is 5.82 Å². The molecule has 0 aromatic carbocycles. The number of carboxylic acid groups (broad SMARTS) is 1. The molecule has 2 aromatic heterocycles. The molecule has 0 spiro atoms. The summed E-state index contributed by atoms with van der Waals surface area (Å²) in [6.45, 7) is 4.87. The van der Waals surface area contributed by atoms with Crippen molar-refractivity contribution in [2.45, 2.75) is 46.0 Å². The van der Waals surface area contributed by atoms with Gasteiger partial charge in [-0.25, -0.2) is 4.98 Å². The third-order valence-electron chi connectivity index (χ3n) is 4.12. The van der Waals surface area contributed by atoms with Gasteiger partial charge in [0.05, 0.1) is 0 Å². The molecule has 1 unspecified atom stereocenters. The smallest absolute Gasteiger partial charge is 0.303 e. The summed E-state index contributed by atoms with van der Waals surface area (Å²) in [5, 5.41) is 16.2. The van der Waals surface area contributed by atoms with Crippen LogP contribution in [0.15, 0.2) is 28.9 Å². The highest BCUT2D eigenvalue weighted by Crippen LogP contribution is 2.20. The van der Waals surface area contributed by atoms with Crippen molar-refractivity contribution in [3.63, 3.8) is 0 Å². The molecule has 7 heteroatoms. The van der Waals surface area contributed by atoms with Crippen LogP contribution in [0.25, 0.3) is 0 Å². The molecule has 2 rings (SSSR count). The number of rotatable bonds is 11. The third-order valence-corrected chi connectivity index (χ3v) is 4.12. The summed E-state index contributed by atoms with van der Waals surface area (Å²) in [5.74, 6) is 1.56. The van der Waals surface area contributed by atoms with E-state index in [1.165, 1.54) is 0 Å². The Hall–Kier alpha value is -2.44. The number of carboxylic acids is 1. The summed E-state index contributed by atoms with van der Waals surface area (Å²) < 4.78 is 5.27. The normalized spacial score (nSPS) is 12.3. The second-order valence-electron chi connectivity index (χ2n) is 6.51. The molecular weight excluding hydrogens is 320 g/mol. The number of hydrogen-bond donors (Lipinski definition) is 2. The molecule has 0 saturated carbocycles. The van der Waals surface area contributed by atoms with E-state index >= 15 is 0 Å². The summed E-state index contributed by atoms with van der Waals surface area (Å²) in [6.07, 6.45) is 5.07. The second kappa shape index (κ2) is 9.76. The summed E-state index contributed by atoms with van der Waals surface area (Å²) in [7, 11) is 0. The number of aromatic nitrogens is 3. The minimum Gasteiger partial charge on any atom is -0.481 e. The van der Waals surface area contributed by atoms with Crippen LogP contribution in [0.3, 0.4) is 0 Å². The fourth-order valence-electron chi connectivity index (χ4n) is 2.56. The highest BCUT2D eigenvalue weighted by atomic mass is 16.5. The first-order valence-corrected chi connectivity index (χ1v) is 8.72. The number of nitrogens with zero attached hydrogens (tertiary/aromatic N) is 3. The Morgan fingerprint density at radius 2 is 2.16 bits per heavy atom. The number of aliphatic carboxylic acids is 1. The van der Waals surface area contributed by atoms with Gasteiger partial charge in [0, 0.05) is 32.0 Å². The quantitative estimate of drug-likeness (QED) is 0.602. The maximum atomic E-state index is 10.9. The number of pyridine rings is 1. The standard InChI is InChI=1S/C18H26N4O3/c1-13(2)14(12-18(23)24)11-17-21-16(22-25-17)8-4-6-10-20-15-7-3-5-9-19-15/h3,5,7,9,13-14H,4,6,8,10-12H2,1-2H3,(H,19,20)(H,23,24). The Balaban J connectivity index is 1.70. The Kier molecular flexibility index (Phi) is 7.37. The predicted molar refractivity (Wildman–Crippen MR) is 94.2 cm³/mol. The maximum Gasteiger partial charge on any atom is 0.303 e. The summed E-state index contributed by atoms with van der Waals surface area (Å²) in [6, 6.07) is 5.78. The average molecular weight is 346 g/mol.